The highest BCUT2D eigenvalue weighted by Gasteiger charge is 2.33. The zero-order valence-electron chi connectivity index (χ0n) is 30.1. The van der Waals surface area contributed by atoms with Crippen LogP contribution in [0.5, 0.6) is 17.2 Å². The molecule has 1 fully saturated rings. The van der Waals surface area contributed by atoms with Crippen molar-refractivity contribution in [3.63, 3.8) is 0 Å². The van der Waals surface area contributed by atoms with E-state index in [1.54, 1.807) is 24.4 Å². The molecule has 0 saturated carbocycles. The summed E-state index contributed by atoms with van der Waals surface area (Å²) < 4.78 is 19.0. The standard InChI is InChI=1S/C41H44Cl2N4O7/c1-41(25-48,40(50)51)46-23-28-18-34(42)38(19-37(28)53-24-27-17-26(20-44)21-45-22-27)54-35-10-9-31-30(5-2-6-32(31)35)33-7-3-8-36(39(33)43)52-16-4-13-47-14-11-29(49)12-15-47/h2-3,5-8,17-19,21-22,29,35,46,48-49H,4,9-16,23-25H2,1H3,(H,50,51)/t35-,41-/m0/s1. The number of aliphatic carboxylic acids is 1. The van der Waals surface area contributed by atoms with Gasteiger partial charge in [-0.25, -0.2) is 0 Å². The number of carboxylic acids is 1. The fraction of sp³-hybridized carbons (Fsp3) is 0.390. The third-order valence-electron chi connectivity index (χ3n) is 10.1. The number of carbonyl (C=O) groups is 1. The normalized spacial score (nSPS) is 17.0. The number of hydrogen-bond donors (Lipinski definition) is 4. The van der Waals surface area contributed by atoms with E-state index in [9.17, 15) is 25.4 Å². The molecule has 6 rings (SSSR count). The van der Waals surface area contributed by atoms with Gasteiger partial charge in [0, 0.05) is 61.3 Å². The third kappa shape index (κ3) is 9.27. The van der Waals surface area contributed by atoms with Crippen LogP contribution in [0.4, 0.5) is 0 Å². The van der Waals surface area contributed by atoms with Gasteiger partial charge in [0.1, 0.15) is 41.6 Å². The summed E-state index contributed by atoms with van der Waals surface area (Å²) in [5, 5.41) is 42.3. The molecular weight excluding hydrogens is 731 g/mol. The van der Waals surface area contributed by atoms with Crippen LogP contribution in [0.2, 0.25) is 10.0 Å². The van der Waals surface area contributed by atoms with E-state index in [0.717, 1.165) is 67.6 Å². The first-order valence-corrected chi connectivity index (χ1v) is 18.8. The van der Waals surface area contributed by atoms with Crippen LogP contribution in [-0.4, -0.2) is 75.7 Å². The number of fused-ring (bicyclic) bond motifs is 1. The Hall–Kier alpha value is -4.41. The van der Waals surface area contributed by atoms with Crippen molar-refractivity contribution in [2.24, 2.45) is 0 Å². The molecule has 1 saturated heterocycles. The molecule has 0 radical (unpaired) electrons. The summed E-state index contributed by atoms with van der Waals surface area (Å²) in [6.07, 6.45) is 6.50. The monoisotopic (exact) mass is 774 g/mol. The number of piperidine rings is 1. The summed E-state index contributed by atoms with van der Waals surface area (Å²) in [5.41, 5.74) is 4.06. The van der Waals surface area contributed by atoms with E-state index in [2.05, 4.69) is 27.3 Å². The maximum Gasteiger partial charge on any atom is 0.326 e. The van der Waals surface area contributed by atoms with E-state index in [1.165, 1.54) is 13.1 Å². The molecule has 1 aromatic heterocycles. The van der Waals surface area contributed by atoms with Crippen LogP contribution < -0.4 is 19.5 Å². The summed E-state index contributed by atoms with van der Waals surface area (Å²) in [7, 11) is 0. The van der Waals surface area contributed by atoms with E-state index >= 15 is 0 Å². The van der Waals surface area contributed by atoms with Gasteiger partial charge in [0.25, 0.3) is 0 Å². The number of nitrogens with one attached hydrogen (secondary N) is 1. The average Bonchev–Trinajstić information content (AvgIpc) is 3.60. The number of ether oxygens (including phenoxy) is 3. The van der Waals surface area contributed by atoms with Crippen LogP contribution >= 0.6 is 23.2 Å². The Kier molecular flexibility index (Phi) is 13.0. The van der Waals surface area contributed by atoms with Gasteiger partial charge in [-0.15, -0.1) is 0 Å². The van der Waals surface area contributed by atoms with Gasteiger partial charge in [-0.2, -0.15) is 5.26 Å². The van der Waals surface area contributed by atoms with Crippen molar-refractivity contribution in [3.05, 3.63) is 105 Å². The molecule has 54 heavy (non-hydrogen) atoms. The topological polar surface area (TPSA) is 157 Å². The van der Waals surface area contributed by atoms with Gasteiger partial charge in [-0.3, -0.25) is 15.1 Å². The molecule has 2 heterocycles. The fourth-order valence-electron chi connectivity index (χ4n) is 6.80. The number of nitrogens with zero attached hydrogens (tertiary/aromatic N) is 3. The molecule has 1 aliphatic carbocycles. The SMILES string of the molecule is C[C@@](CO)(NCc1cc(Cl)c(O[C@H]2CCc3c(-c4cccc(OCCCN5CCC(O)CC5)c4Cl)cccc32)cc1OCc1cncc(C#N)c1)C(=O)O. The zero-order chi connectivity index (χ0) is 38.2. The van der Waals surface area contributed by atoms with E-state index < -0.39 is 18.1 Å². The summed E-state index contributed by atoms with van der Waals surface area (Å²) in [6.45, 7) is 4.13. The van der Waals surface area contributed by atoms with Crippen molar-refractivity contribution in [2.75, 3.05) is 32.8 Å². The highest BCUT2D eigenvalue weighted by molar-refractivity contribution is 6.35. The molecule has 1 aliphatic heterocycles. The molecule has 284 valence electrons. The highest BCUT2D eigenvalue weighted by Crippen LogP contribution is 2.45. The van der Waals surface area contributed by atoms with Crippen molar-refractivity contribution < 1.29 is 34.3 Å². The van der Waals surface area contributed by atoms with Gasteiger partial charge in [0.2, 0.25) is 0 Å². The lowest BCUT2D eigenvalue weighted by molar-refractivity contribution is -0.145. The van der Waals surface area contributed by atoms with Crippen LogP contribution in [0, 0.1) is 11.3 Å². The van der Waals surface area contributed by atoms with Crippen molar-refractivity contribution in [1.82, 2.24) is 15.2 Å². The largest absolute Gasteiger partial charge is 0.492 e. The quantitative estimate of drug-likeness (QED) is 0.0896. The first-order chi connectivity index (χ1) is 26.1. The molecule has 0 bridgehead atoms. The van der Waals surface area contributed by atoms with E-state index in [0.29, 0.717) is 57.0 Å². The number of halogens is 2. The molecular formula is C41H44Cl2N4O7. The number of nitriles is 1. The Balaban J connectivity index is 1.19. The Morgan fingerprint density at radius 2 is 1.81 bits per heavy atom. The van der Waals surface area contributed by atoms with Crippen molar-refractivity contribution in [2.45, 2.75) is 69.9 Å². The number of benzene rings is 3. The maximum atomic E-state index is 11.9. The minimum Gasteiger partial charge on any atom is -0.492 e. The van der Waals surface area contributed by atoms with Crippen LogP contribution in [0.1, 0.15) is 66.5 Å². The number of rotatable bonds is 16. The molecule has 2 aliphatic rings. The molecule has 0 unspecified atom stereocenters. The number of aliphatic hydroxyl groups is 2. The summed E-state index contributed by atoms with van der Waals surface area (Å²) >= 11 is 13.8. The Morgan fingerprint density at radius 1 is 1.04 bits per heavy atom. The molecule has 4 aromatic rings. The lowest BCUT2D eigenvalue weighted by Crippen LogP contribution is -2.52. The third-order valence-corrected chi connectivity index (χ3v) is 10.7. The number of pyridine rings is 1. The number of hydrogen-bond acceptors (Lipinski definition) is 10. The Labute approximate surface area is 325 Å². The van der Waals surface area contributed by atoms with Crippen LogP contribution in [-0.2, 0) is 24.4 Å². The molecule has 2 atom stereocenters. The molecule has 3 aromatic carbocycles. The van der Waals surface area contributed by atoms with Gasteiger partial charge >= 0.3 is 5.97 Å². The zero-order valence-corrected chi connectivity index (χ0v) is 31.6. The highest BCUT2D eigenvalue weighted by atomic mass is 35.5. The minimum atomic E-state index is -1.59. The number of aliphatic hydroxyl groups excluding tert-OH is 2. The van der Waals surface area contributed by atoms with Gasteiger partial charge < -0.3 is 34.4 Å². The predicted molar refractivity (Wildman–Crippen MR) is 205 cm³/mol. The Morgan fingerprint density at radius 3 is 2.57 bits per heavy atom. The summed E-state index contributed by atoms with van der Waals surface area (Å²) in [6, 6.07) is 19.0. The lowest BCUT2D eigenvalue weighted by atomic mass is 9.96. The second-order valence-corrected chi connectivity index (χ2v) is 14.7. The van der Waals surface area contributed by atoms with E-state index in [-0.39, 0.29) is 25.4 Å². The summed E-state index contributed by atoms with van der Waals surface area (Å²) in [5.74, 6) is 0.210. The molecule has 0 spiro atoms. The maximum absolute atomic E-state index is 11.9. The van der Waals surface area contributed by atoms with Crippen molar-refractivity contribution in [3.8, 4) is 34.4 Å². The van der Waals surface area contributed by atoms with Crippen LogP contribution in [0.3, 0.4) is 0 Å². The van der Waals surface area contributed by atoms with E-state index in [1.807, 2.05) is 30.3 Å². The fourth-order valence-corrected chi connectivity index (χ4v) is 7.32. The molecule has 0 amide bonds. The second kappa shape index (κ2) is 17.8. The average molecular weight is 776 g/mol. The molecule has 4 N–H and O–H groups in total. The number of carboxylic acid groups (broad SMARTS) is 1. The number of aromatic nitrogens is 1. The van der Waals surface area contributed by atoms with Crippen molar-refractivity contribution >= 4 is 29.2 Å². The van der Waals surface area contributed by atoms with Crippen molar-refractivity contribution in [1.29, 1.82) is 5.26 Å². The van der Waals surface area contributed by atoms with Gasteiger partial charge in [-0.1, -0.05) is 53.5 Å². The van der Waals surface area contributed by atoms with Gasteiger partial charge in [0.05, 0.1) is 34.9 Å². The minimum absolute atomic E-state index is 0.0256. The lowest BCUT2D eigenvalue weighted by Gasteiger charge is -2.29. The number of likely N-dealkylation sites (tertiary alicyclic amines) is 1. The molecule has 13 heteroatoms. The first-order valence-electron chi connectivity index (χ1n) is 18.1. The van der Waals surface area contributed by atoms with Crippen LogP contribution in [0.25, 0.3) is 11.1 Å². The van der Waals surface area contributed by atoms with Gasteiger partial charge in [0.15, 0.2) is 0 Å². The first kappa shape index (κ1) is 39.3. The molecule has 11 nitrogen and oxygen atoms in total. The Bertz CT molecular complexity index is 2000. The van der Waals surface area contributed by atoms with Crippen LogP contribution in [0.15, 0.2) is 67.0 Å². The summed E-state index contributed by atoms with van der Waals surface area (Å²) in [4.78, 5) is 18.3. The smallest absolute Gasteiger partial charge is 0.326 e. The van der Waals surface area contributed by atoms with Gasteiger partial charge in [-0.05, 0) is 73.9 Å². The predicted octanol–water partition coefficient (Wildman–Crippen LogP) is 6.72. The second-order valence-electron chi connectivity index (χ2n) is 13.9. The van der Waals surface area contributed by atoms with E-state index in [4.69, 9.17) is 37.4 Å².